The third kappa shape index (κ3) is 13.1. The molecule has 0 saturated heterocycles. The Morgan fingerprint density at radius 1 is 0.821 bits per heavy atom. The lowest BCUT2D eigenvalue weighted by atomic mass is 10.0. The predicted molar refractivity (Wildman–Crippen MR) is 142 cm³/mol. The van der Waals surface area contributed by atoms with Crippen LogP contribution in [0.25, 0.3) is 0 Å². The molecule has 4 unspecified atom stereocenters. The number of aliphatic carboxylic acids is 2. The van der Waals surface area contributed by atoms with Crippen molar-refractivity contribution in [2.24, 2.45) is 17.4 Å². The number of hydrogen-bond donors (Lipinski definition) is 8. The zero-order valence-corrected chi connectivity index (χ0v) is 22.4. The second-order valence-electron chi connectivity index (χ2n) is 9.85. The highest BCUT2D eigenvalue weighted by molar-refractivity contribution is 5.94. The molecule has 10 N–H and O–H groups in total. The second kappa shape index (κ2) is 17.0. The van der Waals surface area contributed by atoms with Crippen LogP contribution >= 0.6 is 0 Å². The fourth-order valence-electron chi connectivity index (χ4n) is 3.80. The van der Waals surface area contributed by atoms with Crippen molar-refractivity contribution < 1.29 is 39.3 Å². The molecule has 4 atom stereocenters. The first kappa shape index (κ1) is 33.3. The number of phenolic OH excluding ortho intramolecular Hbond substituents is 1. The van der Waals surface area contributed by atoms with E-state index >= 15 is 0 Å². The van der Waals surface area contributed by atoms with Crippen LogP contribution in [0.4, 0.5) is 0 Å². The van der Waals surface area contributed by atoms with Gasteiger partial charge in [-0.25, -0.2) is 4.79 Å². The molecule has 0 radical (unpaired) electrons. The van der Waals surface area contributed by atoms with Gasteiger partial charge in [-0.15, -0.1) is 0 Å². The lowest BCUT2D eigenvalue weighted by Gasteiger charge is -2.25. The summed E-state index contributed by atoms with van der Waals surface area (Å²) in [6.45, 7) is 4.14. The molecule has 13 heteroatoms. The van der Waals surface area contributed by atoms with Crippen molar-refractivity contribution in [1.82, 2.24) is 16.0 Å². The zero-order chi connectivity index (χ0) is 29.5. The Morgan fingerprint density at radius 2 is 1.38 bits per heavy atom. The molecule has 39 heavy (non-hydrogen) atoms. The van der Waals surface area contributed by atoms with Crippen molar-refractivity contribution in [3.05, 3.63) is 29.8 Å². The number of amides is 3. The van der Waals surface area contributed by atoms with Crippen LogP contribution in [0.5, 0.6) is 5.75 Å². The summed E-state index contributed by atoms with van der Waals surface area (Å²) in [6, 6.07) is 1.40. The number of unbranched alkanes of at least 4 members (excludes halogenated alkanes) is 1. The van der Waals surface area contributed by atoms with Gasteiger partial charge in [0.1, 0.15) is 23.9 Å². The van der Waals surface area contributed by atoms with Crippen LogP contribution < -0.4 is 27.4 Å². The van der Waals surface area contributed by atoms with Gasteiger partial charge in [0.05, 0.1) is 6.04 Å². The maximum absolute atomic E-state index is 13.4. The number of carbonyl (C=O) groups is 5. The van der Waals surface area contributed by atoms with Crippen LogP contribution in [0.3, 0.4) is 0 Å². The van der Waals surface area contributed by atoms with Gasteiger partial charge in [0.25, 0.3) is 0 Å². The molecular weight excluding hydrogens is 510 g/mol. The first-order valence-electron chi connectivity index (χ1n) is 12.9. The van der Waals surface area contributed by atoms with Crippen LogP contribution in [-0.2, 0) is 30.4 Å². The Labute approximate surface area is 227 Å². The van der Waals surface area contributed by atoms with E-state index in [1.165, 1.54) is 12.1 Å². The summed E-state index contributed by atoms with van der Waals surface area (Å²) in [5.41, 5.74) is 12.2. The minimum absolute atomic E-state index is 0.0234. The number of nitrogens with one attached hydrogen (secondary N) is 3. The molecule has 0 saturated carbocycles. The first-order valence-corrected chi connectivity index (χ1v) is 12.9. The van der Waals surface area contributed by atoms with E-state index < -0.39 is 60.2 Å². The number of nitrogens with two attached hydrogens (primary N) is 2. The number of benzene rings is 1. The van der Waals surface area contributed by atoms with Crippen molar-refractivity contribution in [3.63, 3.8) is 0 Å². The maximum atomic E-state index is 13.4. The number of carboxylic acids is 2. The molecule has 0 spiro atoms. The highest BCUT2D eigenvalue weighted by atomic mass is 16.4. The van der Waals surface area contributed by atoms with Crippen LogP contribution in [0.15, 0.2) is 24.3 Å². The van der Waals surface area contributed by atoms with Gasteiger partial charge in [-0.2, -0.15) is 0 Å². The minimum Gasteiger partial charge on any atom is -0.508 e. The fourth-order valence-corrected chi connectivity index (χ4v) is 3.80. The average molecular weight is 552 g/mol. The van der Waals surface area contributed by atoms with Crippen molar-refractivity contribution in [2.45, 2.75) is 83.0 Å². The van der Waals surface area contributed by atoms with E-state index in [2.05, 4.69) is 16.0 Å². The van der Waals surface area contributed by atoms with Gasteiger partial charge in [-0.3, -0.25) is 19.2 Å². The molecule has 13 nitrogen and oxygen atoms in total. The molecule has 0 aliphatic heterocycles. The third-order valence-corrected chi connectivity index (χ3v) is 5.91. The Morgan fingerprint density at radius 3 is 1.92 bits per heavy atom. The quantitative estimate of drug-likeness (QED) is 0.112. The first-order chi connectivity index (χ1) is 18.3. The van der Waals surface area contributed by atoms with Crippen molar-refractivity contribution in [1.29, 1.82) is 0 Å². The summed E-state index contributed by atoms with van der Waals surface area (Å²) in [7, 11) is 0. The minimum atomic E-state index is -1.47. The van der Waals surface area contributed by atoms with E-state index in [0.717, 1.165) is 0 Å². The van der Waals surface area contributed by atoms with Gasteiger partial charge >= 0.3 is 11.9 Å². The molecule has 0 aliphatic carbocycles. The molecule has 3 amide bonds. The maximum Gasteiger partial charge on any atom is 0.326 e. The van der Waals surface area contributed by atoms with E-state index in [1.54, 1.807) is 12.1 Å². The van der Waals surface area contributed by atoms with Gasteiger partial charge in [0.2, 0.25) is 17.7 Å². The summed E-state index contributed by atoms with van der Waals surface area (Å²) in [4.78, 5) is 61.5. The molecule has 218 valence electrons. The fraction of sp³-hybridized carbons (Fsp3) is 0.577. The van der Waals surface area contributed by atoms with E-state index in [4.69, 9.17) is 16.6 Å². The van der Waals surface area contributed by atoms with E-state index in [0.29, 0.717) is 31.4 Å². The number of hydrogen-bond acceptors (Lipinski definition) is 8. The van der Waals surface area contributed by atoms with Crippen LogP contribution in [0, 0.1) is 5.92 Å². The van der Waals surface area contributed by atoms with Crippen molar-refractivity contribution in [3.8, 4) is 5.75 Å². The summed E-state index contributed by atoms with van der Waals surface area (Å²) >= 11 is 0. The van der Waals surface area contributed by atoms with E-state index in [9.17, 15) is 34.2 Å². The summed E-state index contributed by atoms with van der Waals surface area (Å²) in [5.74, 6) is -4.52. The Hall–Kier alpha value is -3.71. The Balaban J connectivity index is 3.13. The molecule has 1 rings (SSSR count). The smallest absolute Gasteiger partial charge is 0.326 e. The molecule has 0 aromatic heterocycles. The second-order valence-corrected chi connectivity index (χ2v) is 9.85. The van der Waals surface area contributed by atoms with E-state index in [-0.39, 0.29) is 30.9 Å². The highest BCUT2D eigenvalue weighted by Crippen LogP contribution is 2.13. The molecular formula is C26H41N5O8. The predicted octanol–water partition coefficient (Wildman–Crippen LogP) is -0.159. The van der Waals surface area contributed by atoms with E-state index in [1.807, 2.05) is 13.8 Å². The van der Waals surface area contributed by atoms with Gasteiger partial charge in [0.15, 0.2) is 0 Å². The number of carbonyl (C=O) groups excluding carboxylic acids is 3. The van der Waals surface area contributed by atoms with Crippen molar-refractivity contribution >= 4 is 29.7 Å². The topological polar surface area (TPSA) is 234 Å². The average Bonchev–Trinajstić information content (AvgIpc) is 2.85. The van der Waals surface area contributed by atoms with Crippen molar-refractivity contribution in [2.75, 3.05) is 6.54 Å². The molecule has 1 aromatic rings. The standard InChI is InChI=1S/C26H41N5O8/c1-15(2)13-18(28)23(35)31-21(14-16-6-8-17(32)9-7-16)25(37)29-19(5-3-4-12-27)24(36)30-20(26(38)39)10-11-22(33)34/h6-9,15,18-21,32H,3-5,10-14,27-28H2,1-2H3,(H,29,37)(H,30,36)(H,31,35)(H,33,34)(H,38,39). The largest absolute Gasteiger partial charge is 0.508 e. The van der Waals surface area contributed by atoms with Gasteiger partial charge in [-0.1, -0.05) is 26.0 Å². The van der Waals surface area contributed by atoms with Crippen LogP contribution in [-0.4, -0.2) is 75.7 Å². The molecule has 1 aromatic carbocycles. The summed E-state index contributed by atoms with van der Waals surface area (Å²) < 4.78 is 0. The highest BCUT2D eigenvalue weighted by Gasteiger charge is 2.30. The number of aromatic hydroxyl groups is 1. The van der Waals surface area contributed by atoms with Gasteiger partial charge in [0, 0.05) is 12.8 Å². The summed E-state index contributed by atoms with van der Waals surface area (Å²) in [6.07, 6.45) is 0.712. The Bertz CT molecular complexity index is 970. The summed E-state index contributed by atoms with van der Waals surface area (Å²) in [5, 5.41) is 35.4. The SMILES string of the molecule is CC(C)CC(N)C(=O)NC(Cc1ccc(O)cc1)C(=O)NC(CCCCN)C(=O)NC(CCC(=O)O)C(=O)O. The molecule has 0 fully saturated rings. The van der Waals surface area contributed by atoms with Gasteiger partial charge < -0.3 is 42.7 Å². The normalized spacial score (nSPS) is 14.1. The number of phenols is 1. The lowest BCUT2D eigenvalue weighted by Crippen LogP contribution is -2.57. The zero-order valence-electron chi connectivity index (χ0n) is 22.4. The Kier molecular flexibility index (Phi) is 14.5. The number of carboxylic acid groups (broad SMARTS) is 2. The molecule has 0 aliphatic rings. The van der Waals surface area contributed by atoms with Gasteiger partial charge in [-0.05, 0) is 62.3 Å². The molecule has 0 bridgehead atoms. The molecule has 0 heterocycles. The number of rotatable bonds is 18. The lowest BCUT2D eigenvalue weighted by molar-refractivity contribution is -0.143. The van der Waals surface area contributed by atoms with Crippen LogP contribution in [0.1, 0.15) is 57.9 Å². The van der Waals surface area contributed by atoms with Crippen LogP contribution in [0.2, 0.25) is 0 Å². The third-order valence-electron chi connectivity index (χ3n) is 5.91. The monoisotopic (exact) mass is 551 g/mol.